The summed E-state index contributed by atoms with van der Waals surface area (Å²) in [5.74, 6) is 0.348. The van der Waals surface area contributed by atoms with Gasteiger partial charge >= 0.3 is 0 Å². The predicted molar refractivity (Wildman–Crippen MR) is 60.9 cm³/mol. The Balaban J connectivity index is 2.56. The Morgan fingerprint density at radius 2 is 2.21 bits per heavy atom. The fourth-order valence-corrected chi connectivity index (χ4v) is 2.26. The van der Waals surface area contributed by atoms with E-state index in [-0.39, 0.29) is 11.7 Å². The lowest BCUT2D eigenvalue weighted by Crippen LogP contribution is -2.35. The van der Waals surface area contributed by atoms with Crippen molar-refractivity contribution in [2.24, 2.45) is 5.92 Å². The number of anilines is 1. The van der Waals surface area contributed by atoms with Gasteiger partial charge in [-0.3, -0.25) is 4.79 Å². The van der Waals surface area contributed by atoms with Crippen molar-refractivity contribution in [2.75, 3.05) is 18.5 Å². The lowest BCUT2D eigenvalue weighted by Gasteiger charge is -2.30. The summed E-state index contributed by atoms with van der Waals surface area (Å²) in [6, 6.07) is 5.87. The lowest BCUT2D eigenvalue weighted by molar-refractivity contribution is 0.0927. The first-order valence-electron chi connectivity index (χ1n) is 4.64. The average Bonchev–Trinajstić information content (AvgIpc) is 2.14. The van der Waals surface area contributed by atoms with Crippen LogP contribution in [-0.4, -0.2) is 19.4 Å². The molecule has 0 amide bonds. The molecular weight excluding hydrogens is 242 g/mol. The number of carbonyl (C=O) groups excluding carboxylic acids is 1. The minimum atomic E-state index is 0.0989. The molecule has 3 heteroatoms. The van der Waals surface area contributed by atoms with Gasteiger partial charge in [-0.2, -0.15) is 0 Å². The molecule has 1 heterocycles. The summed E-state index contributed by atoms with van der Waals surface area (Å²) in [7, 11) is 2.02. The van der Waals surface area contributed by atoms with E-state index < -0.39 is 0 Å². The van der Waals surface area contributed by atoms with Crippen LogP contribution in [-0.2, 0) is 0 Å². The second-order valence-electron chi connectivity index (χ2n) is 3.81. The third-order valence-electron chi connectivity index (χ3n) is 2.63. The van der Waals surface area contributed by atoms with Gasteiger partial charge in [-0.1, -0.05) is 22.9 Å². The van der Waals surface area contributed by atoms with Crippen molar-refractivity contribution in [3.63, 3.8) is 0 Å². The highest BCUT2D eigenvalue weighted by molar-refractivity contribution is 9.10. The van der Waals surface area contributed by atoms with Crippen molar-refractivity contribution < 1.29 is 4.79 Å². The minimum absolute atomic E-state index is 0.0989. The predicted octanol–water partition coefficient (Wildman–Crippen LogP) is 2.72. The molecule has 0 saturated heterocycles. The van der Waals surface area contributed by atoms with Gasteiger partial charge in [-0.25, -0.2) is 0 Å². The van der Waals surface area contributed by atoms with Gasteiger partial charge in [0.1, 0.15) is 0 Å². The molecule has 0 saturated carbocycles. The topological polar surface area (TPSA) is 20.3 Å². The molecule has 0 aromatic heterocycles. The van der Waals surface area contributed by atoms with Crippen LogP contribution in [0, 0.1) is 5.92 Å². The maximum atomic E-state index is 11.9. The highest BCUT2D eigenvalue weighted by atomic mass is 79.9. The van der Waals surface area contributed by atoms with E-state index in [9.17, 15) is 4.79 Å². The largest absolute Gasteiger partial charge is 0.373 e. The second-order valence-corrected chi connectivity index (χ2v) is 4.72. The molecule has 2 rings (SSSR count). The fourth-order valence-electron chi connectivity index (χ4n) is 1.90. The van der Waals surface area contributed by atoms with E-state index in [1.54, 1.807) is 0 Å². The van der Waals surface area contributed by atoms with Crippen LogP contribution >= 0.6 is 15.9 Å². The summed E-state index contributed by atoms with van der Waals surface area (Å²) in [5, 5.41) is 0. The quantitative estimate of drug-likeness (QED) is 0.709. The van der Waals surface area contributed by atoms with Crippen LogP contribution in [0.4, 0.5) is 5.69 Å². The van der Waals surface area contributed by atoms with Gasteiger partial charge in [-0.05, 0) is 18.2 Å². The molecular formula is C11H12BrNO. The summed E-state index contributed by atoms with van der Waals surface area (Å²) < 4.78 is 0.965. The van der Waals surface area contributed by atoms with E-state index in [0.29, 0.717) is 0 Å². The summed E-state index contributed by atoms with van der Waals surface area (Å²) >= 11 is 3.39. The fraction of sp³-hybridized carbons (Fsp3) is 0.364. The molecule has 0 fully saturated rings. The summed E-state index contributed by atoms with van der Waals surface area (Å²) in [6.45, 7) is 2.79. The summed E-state index contributed by atoms with van der Waals surface area (Å²) in [6.07, 6.45) is 0. The average molecular weight is 254 g/mol. The lowest BCUT2D eigenvalue weighted by atomic mass is 9.93. The first-order valence-corrected chi connectivity index (χ1v) is 5.44. The Kier molecular flexibility index (Phi) is 2.35. The van der Waals surface area contributed by atoms with Gasteiger partial charge in [0.25, 0.3) is 0 Å². The van der Waals surface area contributed by atoms with E-state index in [1.807, 2.05) is 32.2 Å². The van der Waals surface area contributed by atoms with Crippen molar-refractivity contribution >= 4 is 27.4 Å². The van der Waals surface area contributed by atoms with Crippen LogP contribution in [0.15, 0.2) is 22.7 Å². The molecule has 0 spiro atoms. The van der Waals surface area contributed by atoms with Crippen molar-refractivity contribution in [3.8, 4) is 0 Å². The number of carbonyl (C=O) groups is 1. The maximum absolute atomic E-state index is 11.9. The number of fused-ring (bicyclic) bond motifs is 1. The van der Waals surface area contributed by atoms with Crippen molar-refractivity contribution in [1.29, 1.82) is 0 Å². The van der Waals surface area contributed by atoms with Gasteiger partial charge in [0.05, 0.1) is 0 Å². The molecule has 1 aromatic carbocycles. The Hall–Kier alpha value is -0.830. The molecule has 0 N–H and O–H groups in total. The third kappa shape index (κ3) is 1.46. The van der Waals surface area contributed by atoms with Gasteiger partial charge in [0.2, 0.25) is 0 Å². The number of hydrogen-bond acceptors (Lipinski definition) is 2. The van der Waals surface area contributed by atoms with E-state index in [4.69, 9.17) is 0 Å². The molecule has 0 bridgehead atoms. The first-order chi connectivity index (χ1) is 6.59. The Morgan fingerprint density at radius 1 is 1.50 bits per heavy atom. The molecule has 74 valence electrons. The van der Waals surface area contributed by atoms with Crippen molar-refractivity contribution in [1.82, 2.24) is 0 Å². The molecule has 0 radical (unpaired) electrons. The number of halogens is 1. The number of benzene rings is 1. The van der Waals surface area contributed by atoms with Crippen LogP contribution in [0.25, 0.3) is 0 Å². The standard InChI is InChI=1S/C11H12BrNO/c1-7-6-13(2)10-4-3-8(12)5-9(10)11(7)14/h3-5,7H,6H2,1-2H3/t7-/m1/s1. The molecule has 0 aliphatic carbocycles. The normalized spacial score (nSPS) is 20.9. The number of rotatable bonds is 0. The Labute approximate surface area is 92.0 Å². The molecule has 1 atom stereocenters. The molecule has 1 aliphatic heterocycles. The van der Waals surface area contributed by atoms with Crippen LogP contribution in [0.2, 0.25) is 0 Å². The monoisotopic (exact) mass is 253 g/mol. The van der Waals surface area contributed by atoms with Crippen LogP contribution < -0.4 is 4.90 Å². The van der Waals surface area contributed by atoms with E-state index in [1.165, 1.54) is 0 Å². The summed E-state index contributed by atoms with van der Waals surface area (Å²) in [4.78, 5) is 14.0. The van der Waals surface area contributed by atoms with E-state index in [0.717, 1.165) is 22.3 Å². The second kappa shape index (κ2) is 3.39. The van der Waals surface area contributed by atoms with E-state index in [2.05, 4.69) is 20.8 Å². The van der Waals surface area contributed by atoms with Gasteiger partial charge < -0.3 is 4.90 Å². The maximum Gasteiger partial charge on any atom is 0.169 e. The summed E-state index contributed by atoms with van der Waals surface area (Å²) in [5.41, 5.74) is 1.87. The molecule has 14 heavy (non-hydrogen) atoms. The van der Waals surface area contributed by atoms with Gasteiger partial charge in [-0.15, -0.1) is 0 Å². The number of nitrogens with zero attached hydrogens (tertiary/aromatic N) is 1. The molecule has 0 unspecified atom stereocenters. The van der Waals surface area contributed by atoms with Gasteiger partial charge in [0, 0.05) is 35.2 Å². The molecule has 1 aliphatic rings. The molecule has 1 aromatic rings. The van der Waals surface area contributed by atoms with Crippen molar-refractivity contribution in [3.05, 3.63) is 28.2 Å². The molecule has 2 nitrogen and oxygen atoms in total. The van der Waals surface area contributed by atoms with Crippen molar-refractivity contribution in [2.45, 2.75) is 6.92 Å². The third-order valence-corrected chi connectivity index (χ3v) is 3.12. The highest BCUT2D eigenvalue weighted by Crippen LogP contribution is 2.30. The van der Waals surface area contributed by atoms with E-state index >= 15 is 0 Å². The minimum Gasteiger partial charge on any atom is -0.373 e. The SMILES string of the molecule is C[C@@H]1CN(C)c2ccc(Br)cc2C1=O. The highest BCUT2D eigenvalue weighted by Gasteiger charge is 2.26. The van der Waals surface area contributed by atoms with Crippen LogP contribution in [0.1, 0.15) is 17.3 Å². The zero-order valence-electron chi connectivity index (χ0n) is 8.25. The first kappa shape index (κ1) is 9.71. The Bertz CT molecular complexity index is 389. The van der Waals surface area contributed by atoms with Crippen LogP contribution in [0.3, 0.4) is 0 Å². The zero-order chi connectivity index (χ0) is 10.3. The number of hydrogen-bond donors (Lipinski definition) is 0. The zero-order valence-corrected chi connectivity index (χ0v) is 9.84. The number of Topliss-reactive ketones (excluding diaryl/α,β-unsaturated/α-hetero) is 1. The van der Waals surface area contributed by atoms with Crippen LogP contribution in [0.5, 0.6) is 0 Å². The number of ketones is 1. The smallest absolute Gasteiger partial charge is 0.169 e. The Morgan fingerprint density at radius 3 is 2.93 bits per heavy atom. The van der Waals surface area contributed by atoms with Gasteiger partial charge in [0.15, 0.2) is 5.78 Å².